The summed E-state index contributed by atoms with van der Waals surface area (Å²) < 4.78 is 8.19. The van der Waals surface area contributed by atoms with Gasteiger partial charge in [0.25, 0.3) is 0 Å². The third-order valence-electron chi connectivity index (χ3n) is 6.63. The summed E-state index contributed by atoms with van der Waals surface area (Å²) in [6.07, 6.45) is 4.35. The number of imidazole rings is 1. The number of para-hydroxylation sites is 1. The van der Waals surface area contributed by atoms with E-state index in [1.165, 1.54) is 24.1 Å². The van der Waals surface area contributed by atoms with Crippen LogP contribution in [0.25, 0.3) is 17.1 Å². The molecule has 2 aromatic heterocycles. The lowest BCUT2D eigenvalue weighted by molar-refractivity contribution is -0.122. The number of nitrogens with one attached hydrogen (secondary N) is 2. The lowest BCUT2D eigenvalue weighted by Crippen LogP contribution is -2.37. The fraction of sp³-hybridized carbons (Fsp3) is 0.258. The van der Waals surface area contributed by atoms with Crippen molar-refractivity contribution in [3.8, 4) is 5.75 Å². The summed E-state index contributed by atoms with van der Waals surface area (Å²) in [6.45, 7) is 5.36. The van der Waals surface area contributed by atoms with Crippen LogP contribution in [0.4, 0.5) is 11.5 Å². The van der Waals surface area contributed by atoms with E-state index in [1.807, 2.05) is 29.8 Å². The van der Waals surface area contributed by atoms with E-state index in [2.05, 4.69) is 29.5 Å². The van der Waals surface area contributed by atoms with Gasteiger partial charge < -0.3 is 24.8 Å². The summed E-state index contributed by atoms with van der Waals surface area (Å²) in [5.41, 5.74) is 3.28. The van der Waals surface area contributed by atoms with Crippen molar-refractivity contribution in [2.75, 3.05) is 23.8 Å². The Balaban J connectivity index is 1.40. The van der Waals surface area contributed by atoms with Gasteiger partial charge in [0.05, 0.1) is 22.8 Å². The third-order valence-corrected chi connectivity index (χ3v) is 7.41. The van der Waals surface area contributed by atoms with E-state index in [0.29, 0.717) is 33.4 Å². The number of likely N-dealkylation sites (N-methyl/N-ethyl adjacent to an activating group) is 1. The molecule has 0 aliphatic carbocycles. The first-order valence-corrected chi connectivity index (χ1v) is 14.2. The first kappa shape index (κ1) is 31.5. The van der Waals surface area contributed by atoms with Gasteiger partial charge >= 0.3 is 0 Å². The Morgan fingerprint density at radius 2 is 1.88 bits per heavy atom. The molecule has 0 bridgehead atoms. The Bertz CT molecular complexity index is 1700. The molecular formula is C31H32Cl2N6O4. The van der Waals surface area contributed by atoms with Crippen LogP contribution in [0.3, 0.4) is 0 Å². The molecule has 0 unspecified atom stereocenters. The minimum Gasteiger partial charge on any atom is -0.486 e. The van der Waals surface area contributed by atoms with Crippen LogP contribution in [0.15, 0.2) is 54.7 Å². The number of aromatic nitrogens is 3. The summed E-state index contributed by atoms with van der Waals surface area (Å²) in [7, 11) is 3.54. The largest absolute Gasteiger partial charge is 0.486 e. The van der Waals surface area contributed by atoms with Gasteiger partial charge in [0.2, 0.25) is 17.7 Å². The number of hydrogen-bond donors (Lipinski definition) is 2. The van der Waals surface area contributed by atoms with Crippen molar-refractivity contribution < 1.29 is 19.1 Å². The molecule has 10 nitrogen and oxygen atoms in total. The average Bonchev–Trinajstić information content (AvgIpc) is 3.32. The average molecular weight is 624 g/mol. The van der Waals surface area contributed by atoms with Crippen LogP contribution in [-0.2, 0) is 28.0 Å². The number of carbonyl (C=O) groups is 3. The second-order valence-electron chi connectivity index (χ2n) is 10.1. The zero-order valence-electron chi connectivity index (χ0n) is 24.4. The molecule has 224 valence electrons. The zero-order valence-corrected chi connectivity index (χ0v) is 26.0. The van der Waals surface area contributed by atoms with E-state index >= 15 is 0 Å². The topological polar surface area (TPSA) is 118 Å². The van der Waals surface area contributed by atoms with Gasteiger partial charge in [0, 0.05) is 49.8 Å². The van der Waals surface area contributed by atoms with Gasteiger partial charge in [-0.2, -0.15) is 0 Å². The fourth-order valence-electron chi connectivity index (χ4n) is 4.37. The molecular weight excluding hydrogens is 591 g/mol. The summed E-state index contributed by atoms with van der Waals surface area (Å²) in [5, 5.41) is 5.79. The summed E-state index contributed by atoms with van der Waals surface area (Å²) in [6, 6.07) is 12.3. The summed E-state index contributed by atoms with van der Waals surface area (Å²) >= 11 is 13.2. The number of carbonyl (C=O) groups excluding carboxylic acids is 3. The molecule has 2 heterocycles. The van der Waals surface area contributed by atoms with Gasteiger partial charge in [0.15, 0.2) is 0 Å². The Hall–Kier alpha value is -4.41. The SMILES string of the molecule is CC(=O)Nc1ccc(/C=C/C(=O)NCC(=O)N(C)c2ccc(Cl)c(COc3cccc4c3nc(C(C)C)n4C)c2Cl)cn1. The highest BCUT2D eigenvalue weighted by Gasteiger charge is 2.20. The number of amides is 3. The predicted molar refractivity (Wildman–Crippen MR) is 170 cm³/mol. The van der Waals surface area contributed by atoms with Crippen LogP contribution in [-0.4, -0.2) is 45.8 Å². The second-order valence-corrected chi connectivity index (χ2v) is 10.9. The van der Waals surface area contributed by atoms with Crippen LogP contribution in [0.1, 0.15) is 43.6 Å². The Morgan fingerprint density at radius 1 is 1.12 bits per heavy atom. The number of rotatable bonds is 10. The van der Waals surface area contributed by atoms with Gasteiger partial charge in [-0.1, -0.05) is 43.1 Å². The van der Waals surface area contributed by atoms with Crippen molar-refractivity contribution in [2.24, 2.45) is 7.05 Å². The molecule has 12 heteroatoms. The maximum absolute atomic E-state index is 12.9. The molecule has 4 aromatic rings. The first-order chi connectivity index (χ1) is 20.5. The molecule has 4 rings (SSSR count). The quantitative estimate of drug-likeness (QED) is 0.218. The van der Waals surface area contributed by atoms with Crippen LogP contribution in [0.2, 0.25) is 10.0 Å². The molecule has 2 aromatic carbocycles. The minimum absolute atomic E-state index is 0.0580. The van der Waals surface area contributed by atoms with Crippen molar-refractivity contribution in [3.05, 3.63) is 81.7 Å². The van der Waals surface area contributed by atoms with Crippen LogP contribution >= 0.6 is 23.2 Å². The molecule has 0 saturated carbocycles. The standard InChI is InChI=1S/C31H32Cl2N6O4/c1-18(2)31-37-30-24(39(31)5)7-6-8-25(30)43-17-21-22(32)11-12-23(29(21)33)38(4)28(42)16-35-27(41)14-10-20-9-13-26(34-15-20)36-19(3)40/h6-15,18H,16-17H2,1-5H3,(H,35,41)(H,34,36,40)/b14-10+. The smallest absolute Gasteiger partial charge is 0.246 e. The molecule has 0 saturated heterocycles. The molecule has 2 N–H and O–H groups in total. The maximum atomic E-state index is 12.9. The van der Waals surface area contributed by atoms with Crippen molar-refractivity contribution in [1.82, 2.24) is 19.9 Å². The molecule has 0 spiro atoms. The maximum Gasteiger partial charge on any atom is 0.246 e. The zero-order chi connectivity index (χ0) is 31.3. The lowest BCUT2D eigenvalue weighted by Gasteiger charge is -2.21. The van der Waals surface area contributed by atoms with Crippen LogP contribution in [0, 0.1) is 0 Å². The fourth-order valence-corrected chi connectivity index (χ4v) is 4.98. The third kappa shape index (κ3) is 7.52. The monoisotopic (exact) mass is 622 g/mol. The molecule has 0 aliphatic heterocycles. The van der Waals surface area contributed by atoms with Gasteiger partial charge in [-0.05, 0) is 48.0 Å². The number of ether oxygens (including phenoxy) is 1. The number of pyridine rings is 1. The molecule has 0 fully saturated rings. The van der Waals surface area contributed by atoms with Crippen LogP contribution in [0.5, 0.6) is 5.75 Å². The van der Waals surface area contributed by atoms with Gasteiger partial charge in [-0.15, -0.1) is 0 Å². The van der Waals surface area contributed by atoms with Crippen LogP contribution < -0.4 is 20.3 Å². The Labute approximate surface area is 259 Å². The summed E-state index contributed by atoms with van der Waals surface area (Å²) in [5.74, 6) is 1.11. The lowest BCUT2D eigenvalue weighted by atomic mass is 10.2. The number of anilines is 2. The van der Waals surface area contributed by atoms with Gasteiger partial charge in [0.1, 0.15) is 29.5 Å². The minimum atomic E-state index is -0.465. The molecule has 0 radical (unpaired) electrons. The van der Waals surface area contributed by atoms with Crippen molar-refractivity contribution in [2.45, 2.75) is 33.3 Å². The van der Waals surface area contributed by atoms with E-state index in [0.717, 1.165) is 16.9 Å². The van der Waals surface area contributed by atoms with E-state index in [1.54, 1.807) is 37.4 Å². The van der Waals surface area contributed by atoms with E-state index in [4.69, 9.17) is 32.9 Å². The molecule has 0 aliphatic rings. The first-order valence-electron chi connectivity index (χ1n) is 13.5. The molecule has 0 atom stereocenters. The highest BCUT2D eigenvalue weighted by molar-refractivity contribution is 6.38. The molecule has 43 heavy (non-hydrogen) atoms. The van der Waals surface area contributed by atoms with Crippen molar-refractivity contribution in [1.29, 1.82) is 0 Å². The number of nitrogens with zero attached hydrogens (tertiary/aromatic N) is 4. The number of hydrogen-bond acceptors (Lipinski definition) is 6. The van der Waals surface area contributed by atoms with E-state index < -0.39 is 11.8 Å². The van der Waals surface area contributed by atoms with Gasteiger partial charge in [-0.25, -0.2) is 9.97 Å². The predicted octanol–water partition coefficient (Wildman–Crippen LogP) is 5.73. The van der Waals surface area contributed by atoms with Crippen molar-refractivity contribution in [3.63, 3.8) is 0 Å². The Kier molecular flexibility index (Phi) is 10.1. The highest BCUT2D eigenvalue weighted by Crippen LogP contribution is 2.35. The highest BCUT2D eigenvalue weighted by atomic mass is 35.5. The molecule has 3 amide bonds. The van der Waals surface area contributed by atoms with Gasteiger partial charge in [-0.3, -0.25) is 14.4 Å². The number of benzene rings is 2. The normalized spacial score (nSPS) is 11.3. The van der Waals surface area contributed by atoms with E-state index in [9.17, 15) is 14.4 Å². The van der Waals surface area contributed by atoms with E-state index in [-0.39, 0.29) is 30.0 Å². The second kappa shape index (κ2) is 13.7. The summed E-state index contributed by atoms with van der Waals surface area (Å²) in [4.78, 5) is 46.6. The Morgan fingerprint density at radius 3 is 2.56 bits per heavy atom. The van der Waals surface area contributed by atoms with Crippen molar-refractivity contribution >= 4 is 69.5 Å². The number of aryl methyl sites for hydroxylation is 1. The number of halogens is 2. The number of fused-ring (bicyclic) bond motifs is 1.